The number of carbonyl (C=O) groups excluding carboxylic acids is 2. The zero-order chi connectivity index (χ0) is 17.0. The highest BCUT2D eigenvalue weighted by Gasteiger charge is 2.41. The molecule has 0 aliphatic heterocycles. The van der Waals surface area contributed by atoms with Gasteiger partial charge in [0.05, 0.1) is 0 Å². The number of primary amides is 2. The summed E-state index contributed by atoms with van der Waals surface area (Å²) in [7, 11) is 0. The smallest absolute Gasteiger partial charge is 0.404 e. The van der Waals surface area contributed by atoms with Crippen molar-refractivity contribution in [3.05, 3.63) is 0 Å². The highest BCUT2D eigenvalue weighted by molar-refractivity contribution is 5.65. The van der Waals surface area contributed by atoms with Crippen molar-refractivity contribution in [1.82, 2.24) is 0 Å². The van der Waals surface area contributed by atoms with E-state index in [1.807, 2.05) is 0 Å². The molecule has 6 heteroatoms. The van der Waals surface area contributed by atoms with Crippen LogP contribution in [0.15, 0.2) is 0 Å². The topological polar surface area (TPSA) is 105 Å². The molecule has 0 spiro atoms. The van der Waals surface area contributed by atoms with Crippen LogP contribution in [0, 0.1) is 17.3 Å². The Balaban J connectivity index is 1.83. The zero-order valence-electron chi connectivity index (χ0n) is 14.3. The van der Waals surface area contributed by atoms with E-state index in [2.05, 4.69) is 13.8 Å². The van der Waals surface area contributed by atoms with Crippen LogP contribution in [0.25, 0.3) is 0 Å². The van der Waals surface area contributed by atoms with E-state index in [-0.39, 0.29) is 17.6 Å². The Morgan fingerprint density at radius 2 is 1.04 bits per heavy atom. The van der Waals surface area contributed by atoms with Crippen molar-refractivity contribution in [2.24, 2.45) is 28.7 Å². The van der Waals surface area contributed by atoms with Gasteiger partial charge in [-0.3, -0.25) is 0 Å². The summed E-state index contributed by atoms with van der Waals surface area (Å²) in [6.45, 7) is 4.71. The molecule has 0 radical (unpaired) electrons. The van der Waals surface area contributed by atoms with Gasteiger partial charge in [-0.25, -0.2) is 9.59 Å². The van der Waals surface area contributed by atoms with Gasteiger partial charge in [0.2, 0.25) is 0 Å². The van der Waals surface area contributed by atoms with Crippen molar-refractivity contribution in [2.75, 3.05) is 0 Å². The Morgan fingerprint density at radius 1 is 0.739 bits per heavy atom. The maximum absolute atomic E-state index is 10.9. The summed E-state index contributed by atoms with van der Waals surface area (Å²) in [5.74, 6) is 1.27. The van der Waals surface area contributed by atoms with Gasteiger partial charge in [0.15, 0.2) is 0 Å². The molecule has 6 nitrogen and oxygen atoms in total. The van der Waals surface area contributed by atoms with Crippen molar-refractivity contribution in [3.63, 3.8) is 0 Å². The van der Waals surface area contributed by atoms with Crippen LogP contribution in [0.4, 0.5) is 9.59 Å². The molecule has 2 aliphatic carbocycles. The number of carbonyl (C=O) groups is 2. The molecule has 0 bridgehead atoms. The van der Waals surface area contributed by atoms with Crippen molar-refractivity contribution in [2.45, 2.75) is 77.4 Å². The zero-order valence-corrected chi connectivity index (χ0v) is 14.3. The molecule has 0 aromatic rings. The first-order valence-electron chi connectivity index (χ1n) is 8.71. The second-order valence-corrected chi connectivity index (χ2v) is 7.64. The molecule has 0 unspecified atom stereocenters. The number of hydrogen-bond acceptors (Lipinski definition) is 4. The highest BCUT2D eigenvalue weighted by Crippen LogP contribution is 2.48. The quantitative estimate of drug-likeness (QED) is 0.826. The fourth-order valence-corrected chi connectivity index (χ4v) is 4.51. The maximum atomic E-state index is 10.9. The van der Waals surface area contributed by atoms with Crippen LogP contribution < -0.4 is 11.5 Å². The van der Waals surface area contributed by atoms with Crippen LogP contribution >= 0.6 is 0 Å². The fourth-order valence-electron chi connectivity index (χ4n) is 4.51. The molecule has 2 amide bonds. The average Bonchev–Trinajstić information content (AvgIpc) is 2.47. The summed E-state index contributed by atoms with van der Waals surface area (Å²) < 4.78 is 10.3. The first-order valence-corrected chi connectivity index (χ1v) is 8.71. The lowest BCUT2D eigenvalue weighted by Gasteiger charge is -2.46. The number of ether oxygens (including phenoxy) is 2. The molecule has 2 rings (SSSR count). The first kappa shape index (κ1) is 17.9. The molecule has 0 atom stereocenters. The SMILES string of the molecule is CC(C)(C1CCC(OC(N)=O)CC1)C1CCC(OC(N)=O)CC1. The third-order valence-electron chi connectivity index (χ3n) is 6.02. The summed E-state index contributed by atoms with van der Waals surface area (Å²) in [5.41, 5.74) is 10.4. The Kier molecular flexibility index (Phi) is 5.76. The summed E-state index contributed by atoms with van der Waals surface area (Å²) >= 11 is 0. The minimum Gasteiger partial charge on any atom is -0.446 e. The molecule has 2 fully saturated rings. The van der Waals surface area contributed by atoms with E-state index in [1.54, 1.807) is 0 Å². The Bertz CT molecular complexity index is 384. The third-order valence-corrected chi connectivity index (χ3v) is 6.02. The lowest BCUT2D eigenvalue weighted by Crippen LogP contribution is -2.40. The van der Waals surface area contributed by atoms with Gasteiger partial charge in [-0.2, -0.15) is 0 Å². The van der Waals surface area contributed by atoms with Gasteiger partial charge in [-0.1, -0.05) is 13.8 Å². The number of amides is 2. The standard InChI is InChI=1S/C17H30N2O4/c1-17(2,11-3-7-13(8-4-11)22-15(18)20)12-5-9-14(10-6-12)23-16(19)21/h11-14H,3-10H2,1-2H3,(H2,18,20)(H2,19,21). The molecule has 0 aromatic carbocycles. The highest BCUT2D eigenvalue weighted by atomic mass is 16.6. The molecule has 4 N–H and O–H groups in total. The molecule has 0 aromatic heterocycles. The summed E-state index contributed by atoms with van der Waals surface area (Å²) in [6, 6.07) is 0. The van der Waals surface area contributed by atoms with E-state index in [0.29, 0.717) is 11.8 Å². The number of rotatable bonds is 4. The van der Waals surface area contributed by atoms with Crippen LogP contribution in [0.5, 0.6) is 0 Å². The summed E-state index contributed by atoms with van der Waals surface area (Å²) in [6.07, 6.45) is 6.53. The van der Waals surface area contributed by atoms with Crippen LogP contribution in [-0.4, -0.2) is 24.4 Å². The monoisotopic (exact) mass is 326 g/mol. The van der Waals surface area contributed by atoms with Crippen molar-refractivity contribution in [3.8, 4) is 0 Å². The average molecular weight is 326 g/mol. The molecular formula is C17H30N2O4. The predicted octanol–water partition coefficient (Wildman–Crippen LogP) is 3.32. The van der Waals surface area contributed by atoms with E-state index in [4.69, 9.17) is 20.9 Å². The first-order chi connectivity index (χ1) is 10.8. The summed E-state index contributed by atoms with van der Waals surface area (Å²) in [5, 5.41) is 0. The van der Waals surface area contributed by atoms with Crippen LogP contribution in [0.1, 0.15) is 65.2 Å². The van der Waals surface area contributed by atoms with Gasteiger partial charge >= 0.3 is 12.2 Å². The lowest BCUT2D eigenvalue weighted by atomic mass is 9.60. The van der Waals surface area contributed by atoms with E-state index < -0.39 is 12.2 Å². The van der Waals surface area contributed by atoms with E-state index >= 15 is 0 Å². The lowest BCUT2D eigenvalue weighted by molar-refractivity contribution is -0.00426. The minimum absolute atomic E-state index is 0.0146. The number of hydrogen-bond donors (Lipinski definition) is 2. The Labute approximate surface area is 138 Å². The molecule has 0 heterocycles. The maximum Gasteiger partial charge on any atom is 0.404 e. The van der Waals surface area contributed by atoms with Gasteiger partial charge in [-0.15, -0.1) is 0 Å². The van der Waals surface area contributed by atoms with Crippen molar-refractivity contribution >= 4 is 12.2 Å². The second kappa shape index (κ2) is 7.41. The molecular weight excluding hydrogens is 296 g/mol. The normalized spacial score (nSPS) is 32.1. The van der Waals surface area contributed by atoms with Gasteiger partial charge in [-0.05, 0) is 68.6 Å². The van der Waals surface area contributed by atoms with Gasteiger partial charge in [0.25, 0.3) is 0 Å². The Hall–Kier alpha value is -1.46. The van der Waals surface area contributed by atoms with Crippen LogP contribution in [0.2, 0.25) is 0 Å². The van der Waals surface area contributed by atoms with Crippen LogP contribution in [-0.2, 0) is 9.47 Å². The molecule has 2 saturated carbocycles. The van der Waals surface area contributed by atoms with Crippen molar-refractivity contribution in [1.29, 1.82) is 0 Å². The van der Waals surface area contributed by atoms with Crippen LogP contribution in [0.3, 0.4) is 0 Å². The largest absolute Gasteiger partial charge is 0.446 e. The molecule has 23 heavy (non-hydrogen) atoms. The van der Waals surface area contributed by atoms with Gasteiger partial charge in [0, 0.05) is 0 Å². The molecule has 132 valence electrons. The third kappa shape index (κ3) is 4.75. The van der Waals surface area contributed by atoms with E-state index in [9.17, 15) is 9.59 Å². The fraction of sp³-hybridized carbons (Fsp3) is 0.882. The second-order valence-electron chi connectivity index (χ2n) is 7.64. The van der Waals surface area contributed by atoms with Gasteiger partial charge < -0.3 is 20.9 Å². The van der Waals surface area contributed by atoms with Gasteiger partial charge in [0.1, 0.15) is 12.2 Å². The van der Waals surface area contributed by atoms with E-state index in [0.717, 1.165) is 51.4 Å². The number of nitrogens with two attached hydrogens (primary N) is 2. The minimum atomic E-state index is -0.666. The Morgan fingerprint density at radius 3 is 1.30 bits per heavy atom. The van der Waals surface area contributed by atoms with Crippen molar-refractivity contribution < 1.29 is 19.1 Å². The van der Waals surface area contributed by atoms with E-state index in [1.165, 1.54) is 0 Å². The predicted molar refractivity (Wildman–Crippen MR) is 86.6 cm³/mol. The molecule has 2 aliphatic rings. The molecule has 0 saturated heterocycles. The summed E-state index contributed by atoms with van der Waals surface area (Å²) in [4.78, 5) is 21.7.